The van der Waals surface area contributed by atoms with E-state index in [9.17, 15) is 0 Å². The number of hydrogen-bond donors (Lipinski definition) is 1. The molecule has 0 spiro atoms. The van der Waals surface area contributed by atoms with Crippen LogP contribution < -0.4 is 5.32 Å². The summed E-state index contributed by atoms with van der Waals surface area (Å²) < 4.78 is 2.23. The molecular formula is C17H31N3. The molecule has 0 bridgehead atoms. The van der Waals surface area contributed by atoms with Crippen molar-refractivity contribution in [1.29, 1.82) is 0 Å². The van der Waals surface area contributed by atoms with Gasteiger partial charge in [0.05, 0.1) is 11.7 Å². The summed E-state index contributed by atoms with van der Waals surface area (Å²) in [6, 6.07) is 3.58. The summed E-state index contributed by atoms with van der Waals surface area (Å²) in [5.74, 6) is 0. The lowest BCUT2D eigenvalue weighted by atomic mass is 9.96. The predicted molar refractivity (Wildman–Crippen MR) is 85.0 cm³/mol. The number of nitrogens with zero attached hydrogens (tertiary/aromatic N) is 2. The molecule has 1 fully saturated rings. The van der Waals surface area contributed by atoms with Crippen molar-refractivity contribution in [2.45, 2.75) is 83.2 Å². The van der Waals surface area contributed by atoms with Crippen molar-refractivity contribution in [3.63, 3.8) is 0 Å². The minimum absolute atomic E-state index is 0.669. The van der Waals surface area contributed by atoms with Gasteiger partial charge < -0.3 is 5.32 Å². The molecule has 2 rings (SSSR count). The maximum Gasteiger partial charge on any atom is 0.0624 e. The third-order valence-electron chi connectivity index (χ3n) is 4.64. The molecule has 0 radical (unpaired) electrons. The van der Waals surface area contributed by atoms with Crippen LogP contribution in [0.5, 0.6) is 0 Å². The van der Waals surface area contributed by atoms with Crippen LogP contribution >= 0.6 is 0 Å². The highest BCUT2D eigenvalue weighted by Crippen LogP contribution is 2.27. The Kier molecular flexibility index (Phi) is 6.58. The standard InChI is InChI=1S/C17H31N3/c1-3-8-15(18-2)9-7-10-16-13-14-20(19-16)17-11-5-4-6-12-17/h13-15,17-18H,3-12H2,1-2H3. The van der Waals surface area contributed by atoms with Gasteiger partial charge in [-0.25, -0.2) is 0 Å². The Morgan fingerprint density at radius 1 is 1.30 bits per heavy atom. The molecule has 1 atom stereocenters. The van der Waals surface area contributed by atoms with Crippen LogP contribution in [0, 0.1) is 0 Å². The molecule has 0 aromatic carbocycles. The van der Waals surface area contributed by atoms with E-state index in [0.29, 0.717) is 12.1 Å². The first-order valence-corrected chi connectivity index (χ1v) is 8.54. The van der Waals surface area contributed by atoms with E-state index in [1.807, 2.05) is 0 Å². The molecule has 1 unspecified atom stereocenters. The van der Waals surface area contributed by atoms with Gasteiger partial charge in [0.25, 0.3) is 0 Å². The Labute approximate surface area is 124 Å². The van der Waals surface area contributed by atoms with Crippen molar-refractivity contribution < 1.29 is 0 Å². The number of nitrogens with one attached hydrogen (secondary N) is 1. The van der Waals surface area contributed by atoms with Gasteiger partial charge in [0.1, 0.15) is 0 Å². The second-order valence-corrected chi connectivity index (χ2v) is 6.25. The Morgan fingerprint density at radius 3 is 2.80 bits per heavy atom. The molecular weight excluding hydrogens is 246 g/mol. The van der Waals surface area contributed by atoms with Crippen LogP contribution in [0.15, 0.2) is 12.3 Å². The summed E-state index contributed by atoms with van der Waals surface area (Å²) in [5.41, 5.74) is 1.28. The van der Waals surface area contributed by atoms with Gasteiger partial charge in [0.2, 0.25) is 0 Å². The number of rotatable bonds is 8. The highest BCUT2D eigenvalue weighted by molar-refractivity contribution is 5.00. The fraction of sp³-hybridized carbons (Fsp3) is 0.824. The first-order chi connectivity index (χ1) is 9.83. The van der Waals surface area contributed by atoms with Gasteiger partial charge in [-0.3, -0.25) is 4.68 Å². The van der Waals surface area contributed by atoms with E-state index in [2.05, 4.69) is 36.2 Å². The second-order valence-electron chi connectivity index (χ2n) is 6.25. The maximum atomic E-state index is 4.80. The van der Waals surface area contributed by atoms with Gasteiger partial charge in [-0.2, -0.15) is 5.10 Å². The van der Waals surface area contributed by atoms with Gasteiger partial charge in [0.15, 0.2) is 0 Å². The minimum atomic E-state index is 0.669. The van der Waals surface area contributed by atoms with Crippen LogP contribution in [0.4, 0.5) is 0 Å². The zero-order chi connectivity index (χ0) is 14.2. The topological polar surface area (TPSA) is 29.9 Å². The van der Waals surface area contributed by atoms with Gasteiger partial charge >= 0.3 is 0 Å². The Bertz CT molecular complexity index is 366. The predicted octanol–water partition coefficient (Wildman–Crippen LogP) is 4.10. The van der Waals surface area contributed by atoms with E-state index in [-0.39, 0.29) is 0 Å². The molecule has 3 heteroatoms. The molecule has 1 aliphatic rings. The molecule has 1 aromatic rings. The molecule has 1 saturated carbocycles. The van der Waals surface area contributed by atoms with Crippen LogP contribution in [-0.4, -0.2) is 22.9 Å². The Hall–Kier alpha value is -0.830. The zero-order valence-corrected chi connectivity index (χ0v) is 13.3. The van der Waals surface area contributed by atoms with Crippen molar-refractivity contribution in [1.82, 2.24) is 15.1 Å². The third-order valence-corrected chi connectivity index (χ3v) is 4.64. The molecule has 1 heterocycles. The van der Waals surface area contributed by atoms with Gasteiger partial charge in [-0.05, 0) is 51.6 Å². The number of aryl methyl sites for hydroxylation is 1. The van der Waals surface area contributed by atoms with Crippen molar-refractivity contribution in [2.75, 3.05) is 7.05 Å². The SMILES string of the molecule is CCCC(CCCc1ccn(C2CCCCC2)n1)NC. The van der Waals surface area contributed by atoms with Gasteiger partial charge in [-0.15, -0.1) is 0 Å². The normalized spacial score (nSPS) is 18.3. The van der Waals surface area contributed by atoms with Crippen LogP contribution in [-0.2, 0) is 6.42 Å². The van der Waals surface area contributed by atoms with Crippen molar-refractivity contribution in [2.24, 2.45) is 0 Å². The van der Waals surface area contributed by atoms with E-state index in [1.54, 1.807) is 0 Å². The lowest BCUT2D eigenvalue weighted by molar-refractivity contribution is 0.328. The molecule has 1 aromatic heterocycles. The van der Waals surface area contributed by atoms with E-state index in [0.717, 1.165) is 6.42 Å². The van der Waals surface area contributed by atoms with E-state index >= 15 is 0 Å². The van der Waals surface area contributed by atoms with Gasteiger partial charge in [-0.1, -0.05) is 32.6 Å². The van der Waals surface area contributed by atoms with E-state index in [1.165, 1.54) is 63.5 Å². The second kappa shape index (κ2) is 8.46. The van der Waals surface area contributed by atoms with E-state index in [4.69, 9.17) is 5.10 Å². The molecule has 0 saturated heterocycles. The lowest BCUT2D eigenvalue weighted by Gasteiger charge is -2.21. The zero-order valence-electron chi connectivity index (χ0n) is 13.3. The Balaban J connectivity index is 1.74. The summed E-state index contributed by atoms with van der Waals surface area (Å²) in [7, 11) is 2.08. The summed E-state index contributed by atoms with van der Waals surface area (Å²) in [5, 5.41) is 8.22. The lowest BCUT2D eigenvalue weighted by Crippen LogP contribution is -2.24. The molecule has 1 aliphatic carbocycles. The van der Waals surface area contributed by atoms with Gasteiger partial charge in [0, 0.05) is 12.2 Å². The van der Waals surface area contributed by atoms with Crippen LogP contribution in [0.1, 0.15) is 76.4 Å². The first kappa shape index (κ1) is 15.6. The van der Waals surface area contributed by atoms with Crippen LogP contribution in [0.3, 0.4) is 0 Å². The molecule has 114 valence electrons. The summed E-state index contributed by atoms with van der Waals surface area (Å²) in [4.78, 5) is 0. The fourth-order valence-electron chi connectivity index (χ4n) is 3.37. The van der Waals surface area contributed by atoms with Crippen LogP contribution in [0.2, 0.25) is 0 Å². The largest absolute Gasteiger partial charge is 0.317 e. The van der Waals surface area contributed by atoms with Crippen molar-refractivity contribution in [3.05, 3.63) is 18.0 Å². The average Bonchev–Trinajstić information content (AvgIpc) is 2.96. The first-order valence-electron chi connectivity index (χ1n) is 8.54. The number of hydrogen-bond acceptors (Lipinski definition) is 2. The molecule has 3 nitrogen and oxygen atoms in total. The molecule has 1 N–H and O–H groups in total. The summed E-state index contributed by atoms with van der Waals surface area (Å²) >= 11 is 0. The molecule has 20 heavy (non-hydrogen) atoms. The highest BCUT2D eigenvalue weighted by atomic mass is 15.3. The average molecular weight is 277 g/mol. The van der Waals surface area contributed by atoms with Crippen molar-refractivity contribution in [3.8, 4) is 0 Å². The highest BCUT2D eigenvalue weighted by Gasteiger charge is 2.15. The van der Waals surface area contributed by atoms with Crippen molar-refractivity contribution >= 4 is 0 Å². The monoisotopic (exact) mass is 277 g/mol. The minimum Gasteiger partial charge on any atom is -0.317 e. The van der Waals surface area contributed by atoms with E-state index < -0.39 is 0 Å². The maximum absolute atomic E-state index is 4.80. The van der Waals surface area contributed by atoms with Crippen LogP contribution in [0.25, 0.3) is 0 Å². The third kappa shape index (κ3) is 4.62. The Morgan fingerprint density at radius 2 is 2.10 bits per heavy atom. The molecule has 0 aliphatic heterocycles. The summed E-state index contributed by atoms with van der Waals surface area (Å²) in [6.07, 6.45) is 15.2. The summed E-state index contributed by atoms with van der Waals surface area (Å²) in [6.45, 7) is 2.26. The smallest absolute Gasteiger partial charge is 0.0624 e. The fourth-order valence-corrected chi connectivity index (χ4v) is 3.37. The number of aromatic nitrogens is 2. The molecule has 0 amide bonds. The quantitative estimate of drug-likeness (QED) is 0.775.